The van der Waals surface area contributed by atoms with Crippen molar-refractivity contribution >= 4 is 34.9 Å². The minimum absolute atomic E-state index is 0.365. The quantitative estimate of drug-likeness (QED) is 0.530. The fourth-order valence-electron chi connectivity index (χ4n) is 2.33. The van der Waals surface area contributed by atoms with E-state index in [4.69, 9.17) is 17.3 Å². The number of halogens is 1. The van der Waals surface area contributed by atoms with E-state index in [0.717, 1.165) is 18.8 Å². The number of hydrogen-bond donors (Lipinski definition) is 1. The van der Waals surface area contributed by atoms with Crippen LogP contribution in [-0.4, -0.2) is 28.0 Å². The van der Waals surface area contributed by atoms with E-state index in [9.17, 15) is 0 Å². The summed E-state index contributed by atoms with van der Waals surface area (Å²) in [6.07, 6.45) is 4.39. The highest BCUT2D eigenvalue weighted by atomic mass is 35.5. The number of nitrogen functional groups attached to an aromatic ring is 1. The summed E-state index contributed by atoms with van der Waals surface area (Å²) in [5.41, 5.74) is 7.91. The van der Waals surface area contributed by atoms with Gasteiger partial charge in [-0.05, 0) is 25.0 Å². The molecule has 110 valence electrons. The second kappa shape index (κ2) is 6.49. The first-order chi connectivity index (χ1) is 10.2. The fraction of sp³-hybridized carbons (Fsp3) is 0.357. The van der Waals surface area contributed by atoms with Gasteiger partial charge in [-0.25, -0.2) is 9.97 Å². The Kier molecular flexibility index (Phi) is 4.45. The number of pyridine rings is 1. The summed E-state index contributed by atoms with van der Waals surface area (Å²) >= 11 is 7.36. The second-order valence-corrected chi connectivity index (χ2v) is 6.22. The molecule has 5 nitrogen and oxygen atoms in total. The molecule has 0 spiro atoms. The van der Waals surface area contributed by atoms with Crippen LogP contribution >= 0.6 is 23.4 Å². The monoisotopic (exact) mass is 321 g/mol. The van der Waals surface area contributed by atoms with E-state index in [1.54, 1.807) is 0 Å². The van der Waals surface area contributed by atoms with Crippen LogP contribution in [0.4, 0.5) is 11.5 Å². The molecule has 1 aliphatic rings. The summed E-state index contributed by atoms with van der Waals surface area (Å²) in [5, 5.41) is 0.942. The maximum absolute atomic E-state index is 5.88. The number of anilines is 2. The van der Waals surface area contributed by atoms with Crippen molar-refractivity contribution in [3.63, 3.8) is 0 Å². The van der Waals surface area contributed by atoms with Crippen LogP contribution in [0.5, 0.6) is 0 Å². The SMILES string of the molecule is Nc1cc(Cl)nc(SCc2cc(N3CCCC3)ccn2)n1. The highest BCUT2D eigenvalue weighted by molar-refractivity contribution is 7.98. The first-order valence-corrected chi connectivity index (χ1v) is 8.20. The van der Waals surface area contributed by atoms with Crippen LogP contribution in [0.25, 0.3) is 0 Å². The first kappa shape index (κ1) is 14.4. The first-order valence-electron chi connectivity index (χ1n) is 6.83. The normalized spacial score (nSPS) is 14.6. The minimum Gasteiger partial charge on any atom is -0.384 e. The van der Waals surface area contributed by atoms with Crippen molar-refractivity contribution < 1.29 is 0 Å². The molecule has 21 heavy (non-hydrogen) atoms. The van der Waals surface area contributed by atoms with Crippen molar-refractivity contribution in [1.29, 1.82) is 0 Å². The number of rotatable bonds is 4. The van der Waals surface area contributed by atoms with E-state index in [0.29, 0.717) is 21.9 Å². The third-order valence-electron chi connectivity index (χ3n) is 3.31. The molecule has 0 radical (unpaired) electrons. The standard InChI is InChI=1S/C14H16ClN5S/c15-12-8-13(16)19-14(18-12)21-9-10-7-11(3-4-17-10)20-5-1-2-6-20/h3-4,7-8H,1-2,5-6,9H2,(H2,16,18,19). The lowest BCUT2D eigenvalue weighted by molar-refractivity contribution is 0.949. The molecule has 0 saturated carbocycles. The maximum Gasteiger partial charge on any atom is 0.191 e. The molecule has 1 fully saturated rings. The Morgan fingerprint density at radius 1 is 1.24 bits per heavy atom. The largest absolute Gasteiger partial charge is 0.384 e. The van der Waals surface area contributed by atoms with Crippen molar-refractivity contribution in [2.24, 2.45) is 0 Å². The Hall–Kier alpha value is -1.53. The van der Waals surface area contributed by atoms with Gasteiger partial charge in [0.2, 0.25) is 0 Å². The van der Waals surface area contributed by atoms with Gasteiger partial charge in [0.05, 0.1) is 5.69 Å². The van der Waals surface area contributed by atoms with E-state index in [-0.39, 0.29) is 0 Å². The molecule has 3 rings (SSSR count). The van der Waals surface area contributed by atoms with Crippen molar-refractivity contribution in [2.75, 3.05) is 23.7 Å². The fourth-order valence-corrected chi connectivity index (χ4v) is 3.34. The molecular formula is C14H16ClN5S. The van der Waals surface area contributed by atoms with E-state index < -0.39 is 0 Å². The number of hydrogen-bond acceptors (Lipinski definition) is 6. The van der Waals surface area contributed by atoms with Crippen molar-refractivity contribution in [2.45, 2.75) is 23.8 Å². The molecule has 7 heteroatoms. The van der Waals surface area contributed by atoms with E-state index in [1.165, 1.54) is 36.4 Å². The van der Waals surface area contributed by atoms with Gasteiger partial charge >= 0.3 is 0 Å². The maximum atomic E-state index is 5.88. The summed E-state index contributed by atoms with van der Waals surface area (Å²) in [7, 11) is 0. The van der Waals surface area contributed by atoms with Crippen LogP contribution in [0.15, 0.2) is 29.6 Å². The van der Waals surface area contributed by atoms with Gasteiger partial charge in [0.1, 0.15) is 11.0 Å². The van der Waals surface area contributed by atoms with Crippen molar-refractivity contribution in [1.82, 2.24) is 15.0 Å². The third-order valence-corrected chi connectivity index (χ3v) is 4.39. The zero-order valence-electron chi connectivity index (χ0n) is 11.5. The smallest absolute Gasteiger partial charge is 0.191 e. The molecule has 0 aliphatic carbocycles. The predicted octanol–water partition coefficient (Wildman–Crippen LogP) is 3.00. The molecule has 0 bridgehead atoms. The van der Waals surface area contributed by atoms with Crippen molar-refractivity contribution in [3.05, 3.63) is 35.2 Å². The molecule has 1 aliphatic heterocycles. The van der Waals surface area contributed by atoms with Gasteiger partial charge in [-0.2, -0.15) is 0 Å². The Balaban J connectivity index is 1.68. The molecule has 1 saturated heterocycles. The molecule has 2 N–H and O–H groups in total. The van der Waals surface area contributed by atoms with Crippen LogP contribution < -0.4 is 10.6 Å². The zero-order valence-corrected chi connectivity index (χ0v) is 13.1. The van der Waals surface area contributed by atoms with Crippen LogP contribution in [0.1, 0.15) is 18.5 Å². The van der Waals surface area contributed by atoms with Crippen molar-refractivity contribution in [3.8, 4) is 0 Å². The Bertz CT molecular complexity index is 610. The van der Waals surface area contributed by atoms with Crippen LogP contribution in [-0.2, 0) is 5.75 Å². The Morgan fingerprint density at radius 3 is 2.81 bits per heavy atom. The van der Waals surface area contributed by atoms with Crippen LogP contribution in [0.2, 0.25) is 5.15 Å². The minimum atomic E-state index is 0.365. The average molecular weight is 322 g/mol. The molecule has 2 aromatic heterocycles. The van der Waals surface area contributed by atoms with Crippen LogP contribution in [0.3, 0.4) is 0 Å². The number of nitrogens with two attached hydrogens (primary N) is 1. The summed E-state index contributed by atoms with van der Waals surface area (Å²) in [5.74, 6) is 1.08. The zero-order chi connectivity index (χ0) is 14.7. The topological polar surface area (TPSA) is 67.9 Å². The van der Waals surface area contributed by atoms with Gasteiger partial charge in [0, 0.05) is 36.8 Å². The molecule has 2 aromatic rings. The summed E-state index contributed by atoms with van der Waals surface area (Å²) < 4.78 is 0. The summed E-state index contributed by atoms with van der Waals surface area (Å²) in [4.78, 5) is 15.1. The number of aromatic nitrogens is 3. The van der Waals surface area contributed by atoms with Gasteiger partial charge in [-0.15, -0.1) is 0 Å². The molecule has 0 unspecified atom stereocenters. The van der Waals surface area contributed by atoms with Crippen LogP contribution in [0, 0.1) is 0 Å². The number of thioether (sulfide) groups is 1. The van der Waals surface area contributed by atoms with Gasteiger partial charge in [0.15, 0.2) is 5.16 Å². The number of nitrogens with zero attached hydrogens (tertiary/aromatic N) is 4. The Labute approximate surface area is 132 Å². The second-order valence-electron chi connectivity index (χ2n) is 4.89. The highest BCUT2D eigenvalue weighted by Gasteiger charge is 2.13. The van der Waals surface area contributed by atoms with E-state index in [1.807, 2.05) is 6.20 Å². The van der Waals surface area contributed by atoms with E-state index in [2.05, 4.69) is 32.0 Å². The molecule has 0 atom stereocenters. The molecule has 0 amide bonds. The van der Waals surface area contributed by atoms with Gasteiger partial charge in [-0.3, -0.25) is 4.98 Å². The lowest BCUT2D eigenvalue weighted by atomic mass is 10.3. The molecular weight excluding hydrogens is 306 g/mol. The van der Waals surface area contributed by atoms with Gasteiger partial charge in [0.25, 0.3) is 0 Å². The molecule has 0 aromatic carbocycles. The lowest BCUT2D eigenvalue weighted by Gasteiger charge is -2.17. The van der Waals surface area contributed by atoms with E-state index >= 15 is 0 Å². The lowest BCUT2D eigenvalue weighted by Crippen LogP contribution is -2.17. The average Bonchev–Trinajstić information content (AvgIpc) is 2.99. The predicted molar refractivity (Wildman–Crippen MR) is 86.7 cm³/mol. The summed E-state index contributed by atoms with van der Waals surface area (Å²) in [6.45, 7) is 2.26. The molecule has 3 heterocycles. The third kappa shape index (κ3) is 3.77. The summed E-state index contributed by atoms with van der Waals surface area (Å²) in [6, 6.07) is 5.73. The Morgan fingerprint density at radius 2 is 2.05 bits per heavy atom. The van der Waals surface area contributed by atoms with Gasteiger partial charge < -0.3 is 10.6 Å². The highest BCUT2D eigenvalue weighted by Crippen LogP contribution is 2.24. The van der Waals surface area contributed by atoms with Gasteiger partial charge in [-0.1, -0.05) is 23.4 Å².